The van der Waals surface area contributed by atoms with E-state index in [9.17, 15) is 4.79 Å². The molecule has 0 aromatic carbocycles. The van der Waals surface area contributed by atoms with Gasteiger partial charge >= 0.3 is 0 Å². The highest BCUT2D eigenvalue weighted by Gasteiger charge is 2.24. The second kappa shape index (κ2) is 8.86. The predicted octanol–water partition coefficient (Wildman–Crippen LogP) is 2.26. The molecule has 28 heavy (non-hydrogen) atoms. The minimum Gasteiger partial charge on any atom is -0.471 e. The van der Waals surface area contributed by atoms with Crippen LogP contribution >= 0.6 is 11.6 Å². The lowest BCUT2D eigenvalue weighted by atomic mass is 10.2. The average Bonchev–Trinajstić information content (AvgIpc) is 3.23. The van der Waals surface area contributed by atoms with Crippen LogP contribution in [0.1, 0.15) is 22.3 Å². The van der Waals surface area contributed by atoms with Crippen molar-refractivity contribution in [2.75, 3.05) is 39.4 Å². The normalized spacial score (nSPS) is 20.3. The van der Waals surface area contributed by atoms with Crippen LogP contribution in [0.3, 0.4) is 0 Å². The summed E-state index contributed by atoms with van der Waals surface area (Å²) in [6.45, 7) is 5.12. The lowest BCUT2D eigenvalue weighted by Crippen LogP contribution is -2.48. The number of piperazine rings is 1. The molecule has 8 heteroatoms. The lowest BCUT2D eigenvalue weighted by Gasteiger charge is -2.34. The van der Waals surface area contributed by atoms with Crippen LogP contribution in [0.25, 0.3) is 0 Å². The van der Waals surface area contributed by atoms with Gasteiger partial charge in [0.1, 0.15) is 11.1 Å². The van der Waals surface area contributed by atoms with Crippen LogP contribution in [-0.4, -0.2) is 71.2 Å². The van der Waals surface area contributed by atoms with Gasteiger partial charge in [0.2, 0.25) is 5.88 Å². The molecule has 2 aliphatic rings. The van der Waals surface area contributed by atoms with E-state index in [-0.39, 0.29) is 12.0 Å². The number of aromatic nitrogens is 2. The van der Waals surface area contributed by atoms with Gasteiger partial charge in [-0.15, -0.1) is 0 Å². The third-order valence-corrected chi connectivity index (χ3v) is 5.31. The van der Waals surface area contributed by atoms with Crippen molar-refractivity contribution in [1.82, 2.24) is 19.8 Å². The Kier molecular flexibility index (Phi) is 6.04. The van der Waals surface area contributed by atoms with E-state index >= 15 is 0 Å². The van der Waals surface area contributed by atoms with Crippen molar-refractivity contribution < 1.29 is 14.3 Å². The summed E-state index contributed by atoms with van der Waals surface area (Å²) in [5, 5.41) is 0.356. The molecule has 2 fully saturated rings. The highest BCUT2D eigenvalue weighted by atomic mass is 35.5. The van der Waals surface area contributed by atoms with Gasteiger partial charge in [-0.05, 0) is 23.8 Å². The maximum atomic E-state index is 12.8. The Morgan fingerprint density at radius 3 is 2.71 bits per heavy atom. The standard InChI is InChI=1S/C20H23ClN4O3/c21-18-11-16(12-23-19(18)28-17-3-10-27-14-17)20(26)25-8-6-24(7-9-25)13-15-1-4-22-5-2-15/h1-2,4-5,11-12,17H,3,6-10,13-14H2. The first-order valence-electron chi connectivity index (χ1n) is 9.49. The fraction of sp³-hybridized carbons (Fsp3) is 0.450. The van der Waals surface area contributed by atoms with Crippen LogP contribution in [0.4, 0.5) is 0 Å². The number of halogens is 1. The van der Waals surface area contributed by atoms with Gasteiger partial charge in [0.15, 0.2) is 0 Å². The molecule has 2 aromatic heterocycles. The van der Waals surface area contributed by atoms with Gasteiger partial charge in [-0.3, -0.25) is 14.7 Å². The molecule has 0 bridgehead atoms. The minimum atomic E-state index is -0.0475. The number of hydrogen-bond donors (Lipinski definition) is 0. The Labute approximate surface area is 169 Å². The Morgan fingerprint density at radius 2 is 2.04 bits per heavy atom. The van der Waals surface area contributed by atoms with Gasteiger partial charge < -0.3 is 14.4 Å². The van der Waals surface area contributed by atoms with E-state index in [1.165, 1.54) is 5.56 Å². The monoisotopic (exact) mass is 402 g/mol. The number of amides is 1. The van der Waals surface area contributed by atoms with E-state index in [2.05, 4.69) is 14.9 Å². The number of rotatable bonds is 5. The molecule has 0 saturated carbocycles. The topological polar surface area (TPSA) is 67.8 Å². The highest BCUT2D eigenvalue weighted by Crippen LogP contribution is 2.26. The smallest absolute Gasteiger partial charge is 0.255 e. The summed E-state index contributed by atoms with van der Waals surface area (Å²) < 4.78 is 11.0. The second-order valence-electron chi connectivity index (χ2n) is 7.04. The summed E-state index contributed by atoms with van der Waals surface area (Å²) in [5.74, 6) is 0.310. The first kappa shape index (κ1) is 19.1. The molecular formula is C20H23ClN4O3. The molecule has 4 heterocycles. The Balaban J connectivity index is 1.32. The third kappa shape index (κ3) is 4.60. The van der Waals surface area contributed by atoms with Gasteiger partial charge in [0.05, 0.1) is 18.8 Å². The zero-order valence-corrected chi connectivity index (χ0v) is 16.3. The summed E-state index contributed by atoms with van der Waals surface area (Å²) in [4.78, 5) is 25.3. The Bertz CT molecular complexity index is 806. The van der Waals surface area contributed by atoms with Crippen LogP contribution in [0.15, 0.2) is 36.8 Å². The first-order valence-corrected chi connectivity index (χ1v) is 9.87. The summed E-state index contributed by atoms with van der Waals surface area (Å²) in [6, 6.07) is 5.68. The maximum absolute atomic E-state index is 12.8. The van der Waals surface area contributed by atoms with Crippen molar-refractivity contribution in [2.45, 2.75) is 19.1 Å². The number of nitrogens with zero attached hydrogens (tertiary/aromatic N) is 4. The van der Waals surface area contributed by atoms with E-state index in [1.807, 2.05) is 17.0 Å². The third-order valence-electron chi connectivity index (χ3n) is 5.04. The lowest BCUT2D eigenvalue weighted by molar-refractivity contribution is 0.0628. The second-order valence-corrected chi connectivity index (χ2v) is 7.45. The molecular weight excluding hydrogens is 380 g/mol. The molecule has 1 atom stereocenters. The molecule has 0 aliphatic carbocycles. The van der Waals surface area contributed by atoms with Crippen LogP contribution < -0.4 is 4.74 Å². The zero-order valence-electron chi connectivity index (χ0n) is 15.6. The Morgan fingerprint density at radius 1 is 1.25 bits per heavy atom. The molecule has 4 rings (SSSR count). The molecule has 2 aromatic rings. The first-order chi connectivity index (χ1) is 13.7. The highest BCUT2D eigenvalue weighted by molar-refractivity contribution is 6.32. The Hall–Kier alpha value is -2.22. The fourth-order valence-corrected chi connectivity index (χ4v) is 3.64. The van der Waals surface area contributed by atoms with E-state index in [1.54, 1.807) is 24.7 Å². The van der Waals surface area contributed by atoms with Crippen LogP contribution in [-0.2, 0) is 11.3 Å². The largest absolute Gasteiger partial charge is 0.471 e. The van der Waals surface area contributed by atoms with Crippen molar-refractivity contribution in [3.8, 4) is 5.88 Å². The molecule has 7 nitrogen and oxygen atoms in total. The number of pyridine rings is 2. The summed E-state index contributed by atoms with van der Waals surface area (Å²) >= 11 is 6.29. The summed E-state index contributed by atoms with van der Waals surface area (Å²) in [6.07, 6.45) is 5.95. The SMILES string of the molecule is O=C(c1cnc(OC2CCOC2)c(Cl)c1)N1CCN(Cc2ccncc2)CC1. The van der Waals surface area contributed by atoms with Gasteiger partial charge in [0.25, 0.3) is 5.91 Å². The van der Waals surface area contributed by atoms with Crippen molar-refractivity contribution in [1.29, 1.82) is 0 Å². The molecule has 2 aliphatic heterocycles. The van der Waals surface area contributed by atoms with Crippen LogP contribution in [0.5, 0.6) is 5.88 Å². The van der Waals surface area contributed by atoms with Crippen molar-refractivity contribution in [2.24, 2.45) is 0 Å². The molecule has 1 amide bonds. The fourth-order valence-electron chi connectivity index (χ4n) is 3.43. The van der Waals surface area contributed by atoms with Crippen LogP contribution in [0.2, 0.25) is 5.02 Å². The predicted molar refractivity (Wildman–Crippen MR) is 105 cm³/mol. The quantitative estimate of drug-likeness (QED) is 0.764. The molecule has 0 N–H and O–H groups in total. The molecule has 148 valence electrons. The minimum absolute atomic E-state index is 0.0278. The number of ether oxygens (including phenoxy) is 2. The molecule has 2 saturated heterocycles. The van der Waals surface area contributed by atoms with Crippen molar-refractivity contribution >= 4 is 17.5 Å². The average molecular weight is 403 g/mol. The van der Waals surface area contributed by atoms with E-state index < -0.39 is 0 Å². The van der Waals surface area contributed by atoms with E-state index in [4.69, 9.17) is 21.1 Å². The van der Waals surface area contributed by atoms with Gasteiger partial charge in [-0.1, -0.05) is 11.6 Å². The number of carbonyl (C=O) groups excluding carboxylic acids is 1. The summed E-state index contributed by atoms with van der Waals surface area (Å²) in [5.41, 5.74) is 1.72. The van der Waals surface area contributed by atoms with Gasteiger partial charge in [-0.25, -0.2) is 4.98 Å². The molecule has 0 spiro atoms. The zero-order chi connectivity index (χ0) is 19.3. The van der Waals surface area contributed by atoms with Crippen molar-refractivity contribution in [3.63, 3.8) is 0 Å². The summed E-state index contributed by atoms with van der Waals surface area (Å²) in [7, 11) is 0. The maximum Gasteiger partial charge on any atom is 0.255 e. The number of carbonyl (C=O) groups is 1. The van der Waals surface area contributed by atoms with Gasteiger partial charge in [-0.2, -0.15) is 0 Å². The number of hydrogen-bond acceptors (Lipinski definition) is 6. The molecule has 0 radical (unpaired) electrons. The van der Waals surface area contributed by atoms with E-state index in [0.717, 1.165) is 26.1 Å². The van der Waals surface area contributed by atoms with Crippen LogP contribution in [0, 0.1) is 0 Å². The van der Waals surface area contributed by atoms with E-state index in [0.29, 0.717) is 42.8 Å². The molecule has 1 unspecified atom stereocenters. The van der Waals surface area contributed by atoms with Crippen molar-refractivity contribution in [3.05, 3.63) is 52.9 Å². The van der Waals surface area contributed by atoms with Gasteiger partial charge in [0, 0.05) is 57.7 Å².